The fourth-order valence-corrected chi connectivity index (χ4v) is 3.75. The Morgan fingerprint density at radius 3 is 2.65 bits per heavy atom. The number of benzene rings is 2. The van der Waals surface area contributed by atoms with Gasteiger partial charge in [-0.1, -0.05) is 18.2 Å². The van der Waals surface area contributed by atoms with E-state index < -0.39 is 6.98 Å². The second-order valence-electron chi connectivity index (χ2n) is 6.72. The van der Waals surface area contributed by atoms with Crippen molar-refractivity contribution < 1.29 is 13.1 Å². The van der Waals surface area contributed by atoms with Crippen molar-refractivity contribution in [2.45, 2.75) is 20.8 Å². The first-order valence-electron chi connectivity index (χ1n) is 10.1. The summed E-state index contributed by atoms with van der Waals surface area (Å²) in [5, 5.41) is 1.91. The molecule has 26 heavy (non-hydrogen) atoms. The van der Waals surface area contributed by atoms with Crippen molar-refractivity contribution in [1.82, 2.24) is 9.55 Å². The van der Waals surface area contributed by atoms with Crippen LogP contribution >= 0.6 is 0 Å². The van der Waals surface area contributed by atoms with Gasteiger partial charge in [0, 0.05) is 29.0 Å². The summed E-state index contributed by atoms with van der Waals surface area (Å²) in [6.45, 7) is 3.48. The molecule has 0 spiro atoms. The molecule has 5 aromatic rings. The van der Waals surface area contributed by atoms with Gasteiger partial charge in [0.1, 0.15) is 0 Å². The first kappa shape index (κ1) is 12.3. The maximum Gasteiger partial charge on any atom is 0.259 e. The van der Waals surface area contributed by atoms with Crippen LogP contribution in [0.15, 0.2) is 52.9 Å². The molecule has 0 amide bonds. The van der Waals surface area contributed by atoms with Crippen LogP contribution in [0.2, 0.25) is 0 Å². The third kappa shape index (κ3) is 1.90. The molecule has 0 N–H and O–H groups in total. The lowest BCUT2D eigenvalue weighted by Gasteiger charge is -2.05. The highest BCUT2D eigenvalue weighted by atomic mass is 16.3. The van der Waals surface area contributed by atoms with E-state index in [0.717, 1.165) is 33.2 Å². The zero-order valence-corrected chi connectivity index (χ0v) is 14.9. The highest BCUT2D eigenvalue weighted by molar-refractivity contribution is 6.07. The molecule has 0 saturated heterocycles. The van der Waals surface area contributed by atoms with Gasteiger partial charge in [-0.3, -0.25) is 0 Å². The zero-order valence-electron chi connectivity index (χ0n) is 17.9. The number of hydrogen-bond donors (Lipinski definition) is 0. The Hall–Kier alpha value is -3.14. The number of pyridine rings is 1. The number of aromatic nitrogens is 3. The van der Waals surface area contributed by atoms with Crippen LogP contribution in [0.3, 0.4) is 0 Å². The average molecular weight is 345 g/mol. The van der Waals surface area contributed by atoms with Crippen LogP contribution in [0.5, 0.6) is 0 Å². The summed E-state index contributed by atoms with van der Waals surface area (Å²) in [6, 6.07) is 15.6. The van der Waals surface area contributed by atoms with Crippen molar-refractivity contribution in [2.75, 3.05) is 0 Å². The Morgan fingerprint density at radius 1 is 1.00 bits per heavy atom. The normalized spacial score (nSPS) is 14.0. The van der Waals surface area contributed by atoms with Gasteiger partial charge in [-0.2, -0.15) is 4.57 Å². The summed E-state index contributed by atoms with van der Waals surface area (Å²) < 4.78 is 33.8. The maximum absolute atomic E-state index is 8.05. The first-order valence-corrected chi connectivity index (χ1v) is 8.60. The van der Waals surface area contributed by atoms with Crippen LogP contribution in [0.4, 0.5) is 0 Å². The van der Waals surface area contributed by atoms with Crippen molar-refractivity contribution in [3.05, 3.63) is 65.6 Å². The summed E-state index contributed by atoms with van der Waals surface area (Å²) in [5.74, 6) is 0.617. The number of fused-ring (bicyclic) bond motifs is 4. The Balaban J connectivity index is 1.97. The molecule has 4 heteroatoms. The van der Waals surface area contributed by atoms with E-state index in [2.05, 4.69) is 4.98 Å². The second kappa shape index (κ2) is 5.18. The summed E-state index contributed by atoms with van der Waals surface area (Å²) in [6.07, 6.45) is 0. The van der Waals surface area contributed by atoms with Crippen LogP contribution in [0.1, 0.15) is 21.2 Å². The minimum atomic E-state index is -2.29. The molecule has 0 bridgehead atoms. The number of hydrogen-bond acceptors (Lipinski definition) is 2. The number of nitrogens with zero attached hydrogens (tertiary/aromatic N) is 3. The van der Waals surface area contributed by atoms with Gasteiger partial charge in [-0.15, -0.1) is 0 Å². The van der Waals surface area contributed by atoms with E-state index >= 15 is 0 Å². The molecule has 128 valence electrons. The van der Waals surface area contributed by atoms with Crippen molar-refractivity contribution in [1.29, 1.82) is 0 Å². The van der Waals surface area contributed by atoms with Gasteiger partial charge >= 0.3 is 0 Å². The highest BCUT2D eigenvalue weighted by Gasteiger charge is 2.26. The number of imidazole rings is 1. The SMILES string of the molecule is [2H]C([2H])([2H])[n+]1c(C)n(-c2c(C)ccc3c2oc2nc(C)ccc23)c2ccccc21. The van der Waals surface area contributed by atoms with Crippen molar-refractivity contribution >= 4 is 33.1 Å². The van der Waals surface area contributed by atoms with Crippen LogP contribution in [-0.4, -0.2) is 9.55 Å². The maximum atomic E-state index is 8.05. The Morgan fingerprint density at radius 2 is 1.81 bits per heavy atom. The highest BCUT2D eigenvalue weighted by Crippen LogP contribution is 2.35. The van der Waals surface area contributed by atoms with Gasteiger partial charge in [-0.05, 0) is 44.2 Å². The summed E-state index contributed by atoms with van der Waals surface area (Å²) in [4.78, 5) is 4.54. The third-order valence-corrected chi connectivity index (χ3v) is 5.06. The molecular formula is C22H20N3O+. The molecule has 0 radical (unpaired) electrons. The van der Waals surface area contributed by atoms with E-state index in [1.54, 1.807) is 0 Å². The monoisotopic (exact) mass is 345 g/mol. The molecule has 0 fully saturated rings. The van der Waals surface area contributed by atoms with Gasteiger partial charge in [-0.25, -0.2) is 9.55 Å². The Bertz CT molecular complexity index is 1430. The molecule has 0 unspecified atom stereocenters. The van der Waals surface area contributed by atoms with E-state index in [-0.39, 0.29) is 0 Å². The minimum Gasteiger partial charge on any atom is -0.433 e. The lowest BCUT2D eigenvalue weighted by Crippen LogP contribution is -2.30. The molecule has 0 atom stereocenters. The number of furan rings is 1. The average Bonchev–Trinajstić information content (AvgIpc) is 3.15. The van der Waals surface area contributed by atoms with Gasteiger partial charge in [0.2, 0.25) is 5.71 Å². The Kier molecular flexibility index (Phi) is 2.44. The molecule has 0 aliphatic heterocycles. The summed E-state index contributed by atoms with van der Waals surface area (Å²) >= 11 is 0. The standard InChI is InChI=1S/C22H20N3O/c1-13-9-11-16-17-12-10-14(2)23-22(17)26-21(16)20(13)25-15(3)24(4)18-7-5-6-8-19(18)25/h5-12H,1-4H3/q+1/i4D3. The lowest BCUT2D eigenvalue weighted by atomic mass is 10.1. The summed E-state index contributed by atoms with van der Waals surface area (Å²) in [5.41, 5.74) is 5.50. The zero-order chi connectivity index (χ0) is 20.5. The molecule has 0 aliphatic carbocycles. The van der Waals surface area contributed by atoms with Gasteiger partial charge < -0.3 is 4.42 Å². The fourth-order valence-electron chi connectivity index (χ4n) is 3.75. The van der Waals surface area contributed by atoms with Crippen LogP contribution in [0.25, 0.3) is 38.8 Å². The summed E-state index contributed by atoms with van der Waals surface area (Å²) in [7, 11) is 0. The molecule has 3 heterocycles. The van der Waals surface area contributed by atoms with Gasteiger partial charge in [0.25, 0.3) is 5.82 Å². The first-order chi connectivity index (χ1) is 13.8. The number of para-hydroxylation sites is 2. The van der Waals surface area contributed by atoms with E-state index in [4.69, 9.17) is 8.53 Å². The van der Waals surface area contributed by atoms with Gasteiger partial charge in [0.15, 0.2) is 22.3 Å². The topological polar surface area (TPSA) is 34.8 Å². The van der Waals surface area contributed by atoms with Crippen LogP contribution < -0.4 is 4.57 Å². The van der Waals surface area contributed by atoms with Crippen molar-refractivity contribution in [3.63, 3.8) is 0 Å². The molecule has 3 aromatic heterocycles. The molecular weight excluding hydrogens is 322 g/mol. The van der Waals surface area contributed by atoms with Crippen LogP contribution in [-0.2, 0) is 6.98 Å². The van der Waals surface area contributed by atoms with Crippen LogP contribution in [0, 0.1) is 20.8 Å². The largest absolute Gasteiger partial charge is 0.433 e. The molecule has 0 saturated carbocycles. The van der Waals surface area contributed by atoms with Crippen molar-refractivity contribution in [3.8, 4) is 5.69 Å². The molecule has 5 rings (SSSR count). The molecule has 4 nitrogen and oxygen atoms in total. The minimum absolute atomic E-state index is 0.588. The predicted molar refractivity (Wildman–Crippen MR) is 104 cm³/mol. The third-order valence-electron chi connectivity index (χ3n) is 5.06. The fraction of sp³-hybridized carbons (Fsp3) is 0.182. The predicted octanol–water partition coefficient (Wildman–Crippen LogP) is 4.67. The number of rotatable bonds is 1. The van der Waals surface area contributed by atoms with E-state index in [1.807, 2.05) is 73.9 Å². The van der Waals surface area contributed by atoms with Crippen molar-refractivity contribution in [2.24, 2.45) is 6.98 Å². The van der Waals surface area contributed by atoms with E-state index in [1.165, 1.54) is 4.57 Å². The lowest BCUT2D eigenvalue weighted by molar-refractivity contribution is -0.652. The smallest absolute Gasteiger partial charge is 0.259 e. The van der Waals surface area contributed by atoms with Gasteiger partial charge in [0.05, 0.1) is 11.1 Å². The number of aryl methyl sites for hydroxylation is 3. The second-order valence-corrected chi connectivity index (χ2v) is 6.72. The van der Waals surface area contributed by atoms with E-state index in [0.29, 0.717) is 22.6 Å². The quantitative estimate of drug-likeness (QED) is 0.414. The molecule has 0 aliphatic rings. The van der Waals surface area contributed by atoms with E-state index in [9.17, 15) is 0 Å². The Labute approximate surface area is 155 Å². The molecule has 2 aromatic carbocycles.